The number of halogens is 3. The molecule has 1 heterocycles. The van der Waals surface area contributed by atoms with Gasteiger partial charge in [0.1, 0.15) is 22.8 Å². The van der Waals surface area contributed by atoms with Gasteiger partial charge in [-0.15, -0.1) is 0 Å². The zero-order valence-electron chi connectivity index (χ0n) is 26.9. The summed E-state index contributed by atoms with van der Waals surface area (Å²) < 4.78 is 44.9. The van der Waals surface area contributed by atoms with Crippen molar-refractivity contribution in [2.75, 3.05) is 38.5 Å². The molecule has 47 heavy (non-hydrogen) atoms. The summed E-state index contributed by atoms with van der Waals surface area (Å²) in [6.45, 7) is 3.87. The van der Waals surface area contributed by atoms with Gasteiger partial charge >= 0.3 is 5.92 Å². The number of nitrogens with one attached hydrogen (secondary N) is 3. The molecule has 3 fully saturated rings. The lowest BCUT2D eigenvalue weighted by Crippen LogP contribution is -2.55. The van der Waals surface area contributed by atoms with Gasteiger partial charge in [-0.1, -0.05) is 38.7 Å². The summed E-state index contributed by atoms with van der Waals surface area (Å²) in [6.07, 6.45) is 6.16. The smallest absolute Gasteiger partial charge is 0.327 e. The molecule has 3 aliphatic rings. The second-order valence-corrected chi connectivity index (χ2v) is 13.5. The lowest BCUT2D eigenvalue weighted by molar-refractivity contribution is -0.151. The number of likely N-dealkylation sites (N-methyl/N-ethyl adjacent to an activating group) is 1. The van der Waals surface area contributed by atoms with E-state index in [9.17, 15) is 28.0 Å². The van der Waals surface area contributed by atoms with Crippen LogP contribution in [-0.4, -0.2) is 84.7 Å². The molecule has 15 heteroatoms. The number of nitrogens with zero attached hydrogens (tertiary/aromatic N) is 2. The lowest BCUT2D eigenvalue weighted by atomic mass is 9.90. The van der Waals surface area contributed by atoms with Crippen LogP contribution in [0.4, 0.5) is 18.9 Å². The van der Waals surface area contributed by atoms with Gasteiger partial charge in [0.25, 0.3) is 11.8 Å². The number of nitrogens with two attached hydrogens (primary N) is 2. The van der Waals surface area contributed by atoms with Crippen molar-refractivity contribution in [1.82, 2.24) is 20.4 Å². The second kappa shape index (κ2) is 16.2. The molecule has 4 amide bonds. The molecule has 0 unspecified atom stereocenters. The first-order valence-electron chi connectivity index (χ1n) is 16.2. The molecular formula is C32H46F3N7O4S. The van der Waals surface area contributed by atoms with Crippen LogP contribution in [0.1, 0.15) is 69.8 Å². The SMILES string of the molecule is C[C@@H](c1ccc(NC(=O)[C@@H](NC(=O)C(F)(F)C2CC2)C2CCCCCC2)c(F)c1)[C@@H](NC(=O)/C(=C/N)SN)C(=O)N1CCN(C)CC1. The Labute approximate surface area is 277 Å². The largest absolute Gasteiger partial charge is 0.403 e. The molecule has 2 aliphatic carbocycles. The van der Waals surface area contributed by atoms with Gasteiger partial charge < -0.3 is 31.5 Å². The fourth-order valence-corrected chi connectivity index (χ4v) is 6.48. The third kappa shape index (κ3) is 9.20. The Hall–Kier alpha value is -3.30. The summed E-state index contributed by atoms with van der Waals surface area (Å²) in [5.41, 5.74) is 5.69. The highest BCUT2D eigenvalue weighted by atomic mass is 32.2. The van der Waals surface area contributed by atoms with E-state index in [0.717, 1.165) is 37.9 Å². The first-order chi connectivity index (χ1) is 22.4. The summed E-state index contributed by atoms with van der Waals surface area (Å²) in [5, 5.41) is 13.1. The van der Waals surface area contributed by atoms with E-state index in [-0.39, 0.29) is 35.3 Å². The number of carbonyl (C=O) groups excluding carboxylic acids is 4. The fraction of sp³-hybridized carbons (Fsp3) is 0.625. The maximum atomic E-state index is 15.6. The molecule has 1 aromatic rings. The van der Waals surface area contributed by atoms with Crippen LogP contribution < -0.4 is 26.8 Å². The van der Waals surface area contributed by atoms with Crippen LogP contribution in [-0.2, 0) is 19.2 Å². The molecule has 7 N–H and O–H groups in total. The quantitative estimate of drug-likeness (QED) is 0.128. The van der Waals surface area contributed by atoms with Crippen molar-refractivity contribution in [3.8, 4) is 0 Å². The molecule has 1 aliphatic heterocycles. The normalized spacial score (nSPS) is 20.5. The van der Waals surface area contributed by atoms with Crippen LogP contribution in [0.2, 0.25) is 0 Å². The number of amides is 4. The van der Waals surface area contributed by atoms with Crippen molar-refractivity contribution in [3.63, 3.8) is 0 Å². The van der Waals surface area contributed by atoms with E-state index in [1.807, 2.05) is 7.05 Å². The van der Waals surface area contributed by atoms with Gasteiger partial charge in [-0.05, 0) is 68.3 Å². The Morgan fingerprint density at radius 1 is 1.00 bits per heavy atom. The van der Waals surface area contributed by atoms with Crippen LogP contribution >= 0.6 is 11.9 Å². The molecule has 1 saturated heterocycles. The number of piperazine rings is 1. The van der Waals surface area contributed by atoms with E-state index in [0.29, 0.717) is 56.5 Å². The molecule has 11 nitrogen and oxygen atoms in total. The molecule has 4 rings (SSSR count). The monoisotopic (exact) mass is 681 g/mol. The van der Waals surface area contributed by atoms with Crippen molar-refractivity contribution in [3.05, 3.63) is 40.7 Å². The molecule has 3 atom stereocenters. The Bertz CT molecular complexity index is 1330. The highest BCUT2D eigenvalue weighted by Gasteiger charge is 2.53. The average Bonchev–Trinajstić information content (AvgIpc) is 3.92. The Kier molecular flexibility index (Phi) is 12.6. The van der Waals surface area contributed by atoms with Gasteiger partial charge in [0.2, 0.25) is 11.8 Å². The minimum absolute atomic E-state index is 0.00262. The van der Waals surface area contributed by atoms with E-state index in [1.54, 1.807) is 11.8 Å². The lowest BCUT2D eigenvalue weighted by Gasteiger charge is -2.36. The molecule has 0 bridgehead atoms. The number of hydrogen-bond acceptors (Lipinski definition) is 8. The minimum Gasteiger partial charge on any atom is -0.403 e. The third-order valence-electron chi connectivity index (χ3n) is 9.48. The average molecular weight is 682 g/mol. The molecular weight excluding hydrogens is 635 g/mol. The van der Waals surface area contributed by atoms with Gasteiger partial charge in [0.05, 0.1) is 5.69 Å². The highest BCUT2D eigenvalue weighted by molar-refractivity contribution is 8.01. The van der Waals surface area contributed by atoms with Gasteiger partial charge in [-0.25, -0.2) is 4.39 Å². The number of anilines is 1. The van der Waals surface area contributed by atoms with Crippen molar-refractivity contribution >= 4 is 41.3 Å². The first kappa shape index (κ1) is 36.5. The van der Waals surface area contributed by atoms with Crippen molar-refractivity contribution in [1.29, 1.82) is 0 Å². The summed E-state index contributed by atoms with van der Waals surface area (Å²) in [5.74, 6) is -9.77. The van der Waals surface area contributed by atoms with Crippen LogP contribution in [0.15, 0.2) is 29.3 Å². The topological polar surface area (TPSA) is 163 Å². The zero-order chi connectivity index (χ0) is 34.3. The molecule has 0 aromatic heterocycles. The van der Waals surface area contributed by atoms with Gasteiger partial charge in [0.15, 0.2) is 0 Å². The number of alkyl halides is 2. The first-order valence-corrected chi connectivity index (χ1v) is 17.1. The Balaban J connectivity index is 1.54. The molecule has 0 spiro atoms. The van der Waals surface area contributed by atoms with E-state index in [4.69, 9.17) is 10.9 Å². The molecule has 2 saturated carbocycles. The third-order valence-corrected chi connectivity index (χ3v) is 10.1. The van der Waals surface area contributed by atoms with E-state index in [2.05, 4.69) is 20.9 Å². The van der Waals surface area contributed by atoms with Gasteiger partial charge in [-0.3, -0.25) is 24.3 Å². The summed E-state index contributed by atoms with van der Waals surface area (Å²) >= 11 is 0.632. The predicted molar refractivity (Wildman–Crippen MR) is 174 cm³/mol. The van der Waals surface area contributed by atoms with Crippen molar-refractivity contribution in [2.24, 2.45) is 22.7 Å². The predicted octanol–water partition coefficient (Wildman–Crippen LogP) is 3.03. The standard InChI is InChI=1S/C32H46F3N7O4S/c1-19(26(39-28(43)25(18-36)47-37)30(45)42-15-13-41(2)14-16-42)21-9-12-24(23(33)17-21)38-29(44)27(20-7-5-3-4-6-8-20)40-31(46)32(34,35)22-10-11-22/h9,12,17-20,22,26-27H,3-8,10-11,13-16,36-37H2,1-2H3,(H,38,44)(H,39,43)(H,40,46)/b25-18-/t19-,26+,27-/m0/s1. The second-order valence-electron chi connectivity index (χ2n) is 12.8. The maximum absolute atomic E-state index is 15.6. The van der Waals surface area contributed by atoms with Crippen LogP contribution in [0.3, 0.4) is 0 Å². The Morgan fingerprint density at radius 2 is 1.64 bits per heavy atom. The fourth-order valence-electron chi connectivity index (χ4n) is 6.23. The maximum Gasteiger partial charge on any atom is 0.327 e. The van der Waals surface area contributed by atoms with Gasteiger partial charge in [-0.2, -0.15) is 8.78 Å². The van der Waals surface area contributed by atoms with Crippen LogP contribution in [0, 0.1) is 17.7 Å². The number of benzene rings is 1. The zero-order valence-corrected chi connectivity index (χ0v) is 27.7. The Morgan fingerprint density at radius 3 is 2.19 bits per heavy atom. The van der Waals surface area contributed by atoms with E-state index < -0.39 is 53.4 Å². The van der Waals surface area contributed by atoms with Crippen LogP contribution in [0.5, 0.6) is 0 Å². The molecule has 1 aromatic carbocycles. The van der Waals surface area contributed by atoms with E-state index >= 15 is 4.39 Å². The summed E-state index contributed by atoms with van der Waals surface area (Å²) in [7, 11) is 1.94. The minimum atomic E-state index is -3.58. The van der Waals surface area contributed by atoms with Crippen molar-refractivity contribution in [2.45, 2.75) is 82.2 Å². The molecule has 0 radical (unpaired) electrons. The van der Waals surface area contributed by atoms with Gasteiger partial charge in [0, 0.05) is 44.2 Å². The number of carbonyl (C=O) groups is 4. The number of hydrogen-bond donors (Lipinski definition) is 5. The summed E-state index contributed by atoms with van der Waals surface area (Å²) in [4.78, 5) is 56.4. The van der Waals surface area contributed by atoms with Crippen LogP contribution in [0.25, 0.3) is 0 Å². The van der Waals surface area contributed by atoms with Crippen molar-refractivity contribution < 1.29 is 32.3 Å². The molecule has 260 valence electrons. The highest BCUT2D eigenvalue weighted by Crippen LogP contribution is 2.43. The summed E-state index contributed by atoms with van der Waals surface area (Å²) in [6, 6.07) is 1.67. The van der Waals surface area contributed by atoms with E-state index in [1.165, 1.54) is 12.1 Å². The number of rotatable bonds is 12.